The fraction of sp³-hybridized carbons (Fsp3) is 0.200. The lowest BCUT2D eigenvalue weighted by Crippen LogP contribution is -2.30. The first-order chi connectivity index (χ1) is 13.5. The second-order valence-electron chi connectivity index (χ2n) is 6.80. The lowest BCUT2D eigenvalue weighted by molar-refractivity contribution is 0.0985. The molecule has 8 heteroatoms. The van der Waals surface area contributed by atoms with E-state index in [4.69, 9.17) is 11.8 Å². The van der Waals surface area contributed by atoms with Crippen LogP contribution in [0.25, 0.3) is 0 Å². The van der Waals surface area contributed by atoms with Gasteiger partial charge in [0.2, 0.25) is 0 Å². The van der Waals surface area contributed by atoms with Gasteiger partial charge in [0.25, 0.3) is 5.91 Å². The topological polar surface area (TPSA) is 62.2 Å². The molecule has 2 heterocycles. The van der Waals surface area contributed by atoms with Crippen molar-refractivity contribution < 1.29 is 9.18 Å². The molecule has 0 radical (unpaired) electrons. The van der Waals surface area contributed by atoms with Crippen LogP contribution in [0.1, 0.15) is 27.0 Å². The molecule has 0 fully saturated rings. The number of carbonyl (C=O) groups excluding carboxylic acids is 1. The van der Waals surface area contributed by atoms with E-state index in [1.54, 1.807) is 27.9 Å². The Bertz CT molecular complexity index is 1060. The van der Waals surface area contributed by atoms with Crippen molar-refractivity contribution >= 4 is 34.9 Å². The molecule has 4 rings (SSSR count). The van der Waals surface area contributed by atoms with Crippen molar-refractivity contribution in [3.05, 3.63) is 70.7 Å². The first kappa shape index (κ1) is 18.5. The van der Waals surface area contributed by atoms with Crippen LogP contribution < -0.4 is 15.1 Å². The van der Waals surface area contributed by atoms with Gasteiger partial charge in [0.15, 0.2) is 0 Å². The Hall–Kier alpha value is -2.90. The molecule has 1 aromatic heterocycles. The molecule has 144 valence electrons. The Morgan fingerprint density at radius 2 is 2.14 bits per heavy atom. The highest BCUT2D eigenvalue weighted by molar-refractivity contribution is 6.13. The molecular formula is C20H19ClFN5O. The number of aryl methyl sites for hydroxylation is 2. The number of benzene rings is 2. The maximum Gasteiger partial charge on any atom is 0.258 e. The number of rotatable bonds is 3. The highest BCUT2D eigenvalue weighted by atomic mass is 35.5. The Labute approximate surface area is 167 Å². The van der Waals surface area contributed by atoms with E-state index in [0.717, 1.165) is 28.3 Å². The molecular weight excluding hydrogens is 381 g/mol. The van der Waals surface area contributed by atoms with Gasteiger partial charge >= 0.3 is 0 Å². The molecule has 2 N–H and O–H groups in total. The summed E-state index contributed by atoms with van der Waals surface area (Å²) in [5.74, 6) is 0.0721. The Kier molecular flexibility index (Phi) is 4.78. The Morgan fingerprint density at radius 1 is 1.32 bits per heavy atom. The SMILES string of the molecule is Cc1ccc2c(c1)Nc1c(cnn1C)CN2C(=O)c1ccc(CNCl)c(F)c1. The molecule has 0 unspecified atom stereocenters. The molecule has 0 saturated heterocycles. The molecule has 0 spiro atoms. The number of hydrogen-bond donors (Lipinski definition) is 2. The predicted molar refractivity (Wildman–Crippen MR) is 107 cm³/mol. The fourth-order valence-corrected chi connectivity index (χ4v) is 3.51. The molecule has 28 heavy (non-hydrogen) atoms. The standard InChI is InChI=1S/C20H19ClFN5O/c1-12-3-6-18-17(7-12)25-19-15(10-24-26(19)2)11-27(18)20(28)13-4-5-14(9-23-21)16(22)8-13/h3-8,10,23,25H,9,11H2,1-2H3. The third-order valence-electron chi connectivity index (χ3n) is 4.84. The van der Waals surface area contributed by atoms with E-state index in [0.29, 0.717) is 12.1 Å². The summed E-state index contributed by atoms with van der Waals surface area (Å²) in [6.45, 7) is 2.50. The minimum atomic E-state index is -0.474. The zero-order valence-corrected chi connectivity index (χ0v) is 16.2. The molecule has 3 aromatic rings. The largest absolute Gasteiger partial charge is 0.338 e. The molecule has 1 aliphatic rings. The number of hydrogen-bond acceptors (Lipinski definition) is 4. The van der Waals surface area contributed by atoms with Gasteiger partial charge in [-0.3, -0.25) is 9.48 Å². The van der Waals surface area contributed by atoms with Crippen molar-refractivity contribution in [2.24, 2.45) is 7.05 Å². The van der Waals surface area contributed by atoms with Gasteiger partial charge in [-0.1, -0.05) is 12.1 Å². The summed E-state index contributed by atoms with van der Waals surface area (Å²) in [4.78, 5) is 17.3. The highest BCUT2D eigenvalue weighted by Gasteiger charge is 2.27. The third kappa shape index (κ3) is 3.23. The van der Waals surface area contributed by atoms with Crippen molar-refractivity contribution in [1.82, 2.24) is 14.6 Å². The van der Waals surface area contributed by atoms with Gasteiger partial charge in [-0.2, -0.15) is 5.10 Å². The number of carbonyl (C=O) groups is 1. The predicted octanol–water partition coefficient (Wildman–Crippen LogP) is 4.02. The van der Waals surface area contributed by atoms with Crippen LogP contribution in [-0.2, 0) is 20.1 Å². The number of anilines is 3. The van der Waals surface area contributed by atoms with Crippen LogP contribution >= 0.6 is 11.8 Å². The summed E-state index contributed by atoms with van der Waals surface area (Å²) in [5, 5.41) is 7.66. The average molecular weight is 400 g/mol. The third-order valence-corrected chi connectivity index (χ3v) is 4.97. The maximum atomic E-state index is 14.3. The summed E-state index contributed by atoms with van der Waals surface area (Å²) in [6, 6.07) is 10.3. The summed E-state index contributed by atoms with van der Waals surface area (Å²) < 4.78 is 16.1. The van der Waals surface area contributed by atoms with Crippen LogP contribution in [0, 0.1) is 12.7 Å². The van der Waals surface area contributed by atoms with Crippen LogP contribution in [0.15, 0.2) is 42.6 Å². The molecule has 1 aliphatic heterocycles. The van der Waals surface area contributed by atoms with E-state index in [9.17, 15) is 9.18 Å². The number of nitrogens with one attached hydrogen (secondary N) is 2. The number of amides is 1. The van der Waals surface area contributed by atoms with Crippen LogP contribution in [0.4, 0.5) is 21.6 Å². The quantitative estimate of drug-likeness (QED) is 0.653. The monoisotopic (exact) mass is 399 g/mol. The summed E-state index contributed by atoms with van der Waals surface area (Å²) in [5.41, 5.74) is 4.16. The van der Waals surface area contributed by atoms with Gasteiger partial charge in [0.05, 0.1) is 24.1 Å². The minimum Gasteiger partial charge on any atom is -0.338 e. The molecule has 2 aromatic carbocycles. The van der Waals surface area contributed by atoms with Crippen LogP contribution in [-0.4, -0.2) is 15.7 Å². The fourth-order valence-electron chi connectivity index (χ4n) is 3.36. The molecule has 0 atom stereocenters. The van der Waals surface area contributed by atoms with Crippen molar-refractivity contribution in [3.63, 3.8) is 0 Å². The zero-order valence-electron chi connectivity index (χ0n) is 15.5. The Balaban J connectivity index is 1.78. The number of nitrogens with zero attached hydrogens (tertiary/aromatic N) is 3. The van der Waals surface area contributed by atoms with E-state index in [1.165, 1.54) is 6.07 Å². The van der Waals surface area contributed by atoms with E-state index in [1.807, 2.05) is 32.2 Å². The lowest BCUT2D eigenvalue weighted by Gasteiger charge is -2.23. The van der Waals surface area contributed by atoms with Crippen molar-refractivity contribution in [1.29, 1.82) is 0 Å². The first-order valence-electron chi connectivity index (χ1n) is 8.80. The summed E-state index contributed by atoms with van der Waals surface area (Å²) in [6.07, 6.45) is 1.73. The van der Waals surface area contributed by atoms with Crippen molar-refractivity contribution in [2.75, 3.05) is 10.2 Å². The van der Waals surface area contributed by atoms with Crippen molar-refractivity contribution in [3.8, 4) is 0 Å². The average Bonchev–Trinajstić information content (AvgIpc) is 2.92. The van der Waals surface area contributed by atoms with Gasteiger partial charge in [-0.05, 0) is 48.5 Å². The van der Waals surface area contributed by atoms with E-state index in [2.05, 4.69) is 15.3 Å². The van der Waals surface area contributed by atoms with E-state index >= 15 is 0 Å². The first-order valence-corrected chi connectivity index (χ1v) is 9.18. The minimum absolute atomic E-state index is 0.177. The van der Waals surface area contributed by atoms with E-state index in [-0.39, 0.29) is 18.0 Å². The van der Waals surface area contributed by atoms with Gasteiger partial charge in [-0.25, -0.2) is 9.23 Å². The van der Waals surface area contributed by atoms with Gasteiger partial charge in [-0.15, -0.1) is 0 Å². The van der Waals surface area contributed by atoms with E-state index < -0.39 is 5.82 Å². The molecule has 0 saturated carbocycles. The van der Waals surface area contributed by atoms with Gasteiger partial charge in [0.1, 0.15) is 11.6 Å². The Morgan fingerprint density at radius 3 is 2.89 bits per heavy atom. The second kappa shape index (κ2) is 7.26. The smallest absolute Gasteiger partial charge is 0.258 e. The molecule has 0 aliphatic carbocycles. The maximum absolute atomic E-state index is 14.3. The normalized spacial score (nSPS) is 12.8. The molecule has 0 bridgehead atoms. The van der Waals surface area contributed by atoms with Crippen molar-refractivity contribution in [2.45, 2.75) is 20.0 Å². The number of aromatic nitrogens is 2. The molecule has 6 nitrogen and oxygen atoms in total. The van der Waals surface area contributed by atoms with Gasteiger partial charge < -0.3 is 10.2 Å². The lowest BCUT2D eigenvalue weighted by atomic mass is 10.1. The number of fused-ring (bicyclic) bond motifs is 2. The zero-order chi connectivity index (χ0) is 19.8. The second-order valence-corrected chi connectivity index (χ2v) is 7.06. The summed E-state index contributed by atoms with van der Waals surface area (Å²) >= 11 is 5.46. The number of halogens is 2. The van der Waals surface area contributed by atoms with Gasteiger partial charge in [0, 0.05) is 30.3 Å². The summed E-state index contributed by atoms with van der Waals surface area (Å²) in [7, 11) is 1.85. The highest BCUT2D eigenvalue weighted by Crippen LogP contribution is 2.37. The van der Waals surface area contributed by atoms with Crippen LogP contribution in [0.5, 0.6) is 0 Å². The molecule has 1 amide bonds. The van der Waals surface area contributed by atoms with Crippen LogP contribution in [0.2, 0.25) is 0 Å². The van der Waals surface area contributed by atoms with Crippen LogP contribution in [0.3, 0.4) is 0 Å².